The number of carboxylic acid groups (broad SMARTS) is 1. The van der Waals surface area contributed by atoms with Gasteiger partial charge in [-0.3, -0.25) is 4.79 Å². The number of benzene rings is 1. The molecule has 0 aromatic heterocycles. The Morgan fingerprint density at radius 3 is 2.33 bits per heavy atom. The molecule has 7 heteroatoms. The maximum Gasteiger partial charge on any atom is 0.332 e. The van der Waals surface area contributed by atoms with Crippen molar-refractivity contribution in [3.63, 3.8) is 0 Å². The Labute approximate surface area is 122 Å². The molecule has 1 unspecified atom stereocenters. The number of aliphatic hydroxyl groups excluding tert-OH is 1. The van der Waals surface area contributed by atoms with E-state index in [1.54, 1.807) is 38.3 Å². The van der Waals surface area contributed by atoms with E-state index in [1.807, 2.05) is 0 Å². The van der Waals surface area contributed by atoms with Gasteiger partial charge in [-0.05, 0) is 31.2 Å². The molecular weight excluding hydrogens is 278 g/mol. The predicted molar refractivity (Wildman–Crippen MR) is 74.4 cm³/mol. The zero-order valence-corrected chi connectivity index (χ0v) is 11.9. The molecule has 3 N–H and O–H groups in total. The number of hydrogen-bond donors (Lipinski definition) is 3. The van der Waals surface area contributed by atoms with E-state index in [2.05, 4.69) is 5.32 Å². The van der Waals surface area contributed by atoms with Crippen LogP contribution in [0.2, 0.25) is 0 Å². The number of aliphatic carboxylic acids is 1. The van der Waals surface area contributed by atoms with Gasteiger partial charge in [-0.1, -0.05) is 0 Å². The highest BCUT2D eigenvalue weighted by atomic mass is 16.5. The fraction of sp³-hybridized carbons (Fsp3) is 0.429. The van der Waals surface area contributed by atoms with E-state index in [-0.39, 0.29) is 18.9 Å². The van der Waals surface area contributed by atoms with Crippen molar-refractivity contribution in [3.8, 4) is 11.5 Å². The summed E-state index contributed by atoms with van der Waals surface area (Å²) in [5.74, 6) is -0.499. The minimum absolute atomic E-state index is 0.0581. The van der Waals surface area contributed by atoms with E-state index in [4.69, 9.17) is 19.7 Å². The first-order valence-corrected chi connectivity index (χ1v) is 6.43. The first kappa shape index (κ1) is 16.8. The Hall–Kier alpha value is -2.28. The van der Waals surface area contributed by atoms with Crippen LogP contribution in [0.4, 0.5) is 0 Å². The molecule has 0 saturated heterocycles. The second-order valence-corrected chi connectivity index (χ2v) is 4.37. The van der Waals surface area contributed by atoms with Gasteiger partial charge in [-0.25, -0.2) is 4.79 Å². The third kappa shape index (κ3) is 5.70. The van der Waals surface area contributed by atoms with Gasteiger partial charge in [0, 0.05) is 13.0 Å². The minimum atomic E-state index is -1.48. The van der Waals surface area contributed by atoms with E-state index in [1.165, 1.54) is 0 Å². The highest BCUT2D eigenvalue weighted by Crippen LogP contribution is 2.18. The van der Waals surface area contributed by atoms with Crippen LogP contribution in [-0.2, 0) is 9.59 Å². The molecule has 116 valence electrons. The van der Waals surface area contributed by atoms with Gasteiger partial charge in [0.2, 0.25) is 0 Å². The average molecular weight is 297 g/mol. The van der Waals surface area contributed by atoms with Crippen LogP contribution in [0.5, 0.6) is 11.5 Å². The van der Waals surface area contributed by atoms with Crippen LogP contribution in [0.3, 0.4) is 0 Å². The Morgan fingerprint density at radius 1 is 1.24 bits per heavy atom. The number of hydrogen-bond acceptors (Lipinski definition) is 5. The van der Waals surface area contributed by atoms with Crippen LogP contribution in [0.15, 0.2) is 24.3 Å². The summed E-state index contributed by atoms with van der Waals surface area (Å²) >= 11 is 0. The smallest absolute Gasteiger partial charge is 0.332 e. The normalized spacial score (nSPS) is 13.1. The molecule has 0 radical (unpaired) electrons. The summed E-state index contributed by atoms with van der Waals surface area (Å²) in [7, 11) is 1.55. The van der Waals surface area contributed by atoms with Crippen molar-refractivity contribution in [2.45, 2.75) is 25.6 Å². The summed E-state index contributed by atoms with van der Waals surface area (Å²) < 4.78 is 10.4. The van der Waals surface area contributed by atoms with Gasteiger partial charge < -0.3 is 25.0 Å². The van der Waals surface area contributed by atoms with Crippen LogP contribution >= 0.6 is 0 Å². The maximum atomic E-state index is 11.7. The van der Waals surface area contributed by atoms with Crippen molar-refractivity contribution < 1.29 is 29.3 Å². The highest BCUT2D eigenvalue weighted by molar-refractivity contribution is 5.80. The van der Waals surface area contributed by atoms with E-state index >= 15 is 0 Å². The molecule has 0 aliphatic rings. The number of nitrogens with one attached hydrogen (secondary N) is 1. The van der Waals surface area contributed by atoms with Crippen molar-refractivity contribution in [1.29, 1.82) is 0 Å². The van der Waals surface area contributed by atoms with Gasteiger partial charge in [0.25, 0.3) is 5.91 Å². The second kappa shape index (κ2) is 8.11. The van der Waals surface area contributed by atoms with Crippen molar-refractivity contribution >= 4 is 11.9 Å². The number of carbonyl (C=O) groups excluding carboxylic acids is 1. The maximum absolute atomic E-state index is 11.7. The predicted octanol–water partition coefficient (Wildman–Crippen LogP) is 0.414. The summed E-state index contributed by atoms with van der Waals surface area (Å²) in [6.45, 7) is 1.63. The summed E-state index contributed by atoms with van der Waals surface area (Å²) in [4.78, 5) is 22.1. The van der Waals surface area contributed by atoms with Crippen molar-refractivity contribution in [1.82, 2.24) is 5.32 Å². The molecule has 0 spiro atoms. The van der Waals surface area contributed by atoms with Crippen LogP contribution in [0.25, 0.3) is 0 Å². The molecule has 21 heavy (non-hydrogen) atoms. The lowest BCUT2D eigenvalue weighted by molar-refractivity contribution is -0.147. The van der Waals surface area contributed by atoms with Crippen LogP contribution in [0.1, 0.15) is 13.3 Å². The number of amides is 1. The van der Waals surface area contributed by atoms with Crippen molar-refractivity contribution in [2.24, 2.45) is 0 Å². The Morgan fingerprint density at radius 2 is 1.81 bits per heavy atom. The molecule has 1 amide bonds. The minimum Gasteiger partial charge on any atom is -0.497 e. The van der Waals surface area contributed by atoms with Crippen LogP contribution in [-0.4, -0.2) is 48.0 Å². The molecule has 1 aromatic carbocycles. The number of methoxy groups -OCH3 is 1. The van der Waals surface area contributed by atoms with Gasteiger partial charge in [0.1, 0.15) is 11.5 Å². The number of rotatable bonds is 8. The standard InChI is InChI=1S/C14H19NO6/c1-9(13(17)15-8-7-12(16)14(18)19)21-11-5-3-10(20-2)4-6-11/h3-6,9,12,16H,7-8H2,1-2H3,(H,15,17)(H,18,19)/t9?,12-/m0/s1. The third-order valence-electron chi connectivity index (χ3n) is 2.74. The lowest BCUT2D eigenvalue weighted by Gasteiger charge is -2.15. The van der Waals surface area contributed by atoms with Gasteiger partial charge in [-0.2, -0.15) is 0 Å². The molecule has 7 nitrogen and oxygen atoms in total. The summed E-state index contributed by atoms with van der Waals surface area (Å²) in [6, 6.07) is 6.78. The Bertz CT molecular complexity index is 473. The number of aliphatic hydroxyl groups is 1. The van der Waals surface area contributed by atoms with Crippen molar-refractivity contribution in [2.75, 3.05) is 13.7 Å². The summed E-state index contributed by atoms with van der Waals surface area (Å²) in [5.41, 5.74) is 0. The monoisotopic (exact) mass is 297 g/mol. The first-order chi connectivity index (χ1) is 9.93. The van der Waals surface area contributed by atoms with Crippen LogP contribution in [0, 0.1) is 0 Å². The largest absolute Gasteiger partial charge is 0.497 e. The zero-order chi connectivity index (χ0) is 15.8. The number of carboxylic acids is 1. The van der Waals surface area contributed by atoms with Gasteiger partial charge in [0.15, 0.2) is 12.2 Å². The van der Waals surface area contributed by atoms with E-state index < -0.39 is 18.2 Å². The van der Waals surface area contributed by atoms with E-state index in [0.717, 1.165) is 0 Å². The third-order valence-corrected chi connectivity index (χ3v) is 2.74. The van der Waals surface area contributed by atoms with Crippen molar-refractivity contribution in [3.05, 3.63) is 24.3 Å². The summed E-state index contributed by atoms with van der Waals surface area (Å²) in [6.07, 6.45) is -2.28. The molecule has 0 bridgehead atoms. The molecule has 2 atom stereocenters. The van der Waals surface area contributed by atoms with E-state index in [9.17, 15) is 9.59 Å². The Kier molecular flexibility index (Phi) is 6.48. The molecular formula is C14H19NO6. The fourth-order valence-electron chi connectivity index (χ4n) is 1.51. The summed E-state index contributed by atoms with van der Waals surface area (Å²) in [5, 5.41) is 20.1. The number of ether oxygens (including phenoxy) is 2. The molecule has 0 aliphatic heterocycles. The molecule has 0 heterocycles. The quantitative estimate of drug-likeness (QED) is 0.642. The van der Waals surface area contributed by atoms with Gasteiger partial charge >= 0.3 is 5.97 Å². The molecule has 1 rings (SSSR count). The lowest BCUT2D eigenvalue weighted by atomic mass is 10.2. The lowest BCUT2D eigenvalue weighted by Crippen LogP contribution is -2.38. The topological polar surface area (TPSA) is 105 Å². The molecule has 1 aromatic rings. The zero-order valence-electron chi connectivity index (χ0n) is 11.9. The highest BCUT2D eigenvalue weighted by Gasteiger charge is 2.16. The first-order valence-electron chi connectivity index (χ1n) is 6.43. The second-order valence-electron chi connectivity index (χ2n) is 4.37. The fourth-order valence-corrected chi connectivity index (χ4v) is 1.51. The molecule has 0 fully saturated rings. The average Bonchev–Trinajstić information content (AvgIpc) is 2.47. The number of carbonyl (C=O) groups is 2. The molecule has 0 saturated carbocycles. The molecule has 0 aliphatic carbocycles. The SMILES string of the molecule is COc1ccc(OC(C)C(=O)NCC[C@H](O)C(=O)O)cc1. The Balaban J connectivity index is 2.38. The van der Waals surface area contributed by atoms with Crippen LogP contribution < -0.4 is 14.8 Å². The van der Waals surface area contributed by atoms with Gasteiger partial charge in [0.05, 0.1) is 7.11 Å². The van der Waals surface area contributed by atoms with E-state index in [0.29, 0.717) is 11.5 Å². The van der Waals surface area contributed by atoms with Gasteiger partial charge in [-0.15, -0.1) is 0 Å².